The second-order valence-corrected chi connectivity index (χ2v) is 11.3. The molecular weight excluding hydrogens is 729 g/mol. The molecule has 0 bridgehead atoms. The maximum absolute atomic E-state index is 12.8. The number of nitro groups is 1. The van der Waals surface area contributed by atoms with Gasteiger partial charge in [0.25, 0.3) is 11.6 Å². The van der Waals surface area contributed by atoms with Gasteiger partial charge in [0.05, 0.1) is 36.5 Å². The Labute approximate surface area is 283 Å². The molecule has 1 aliphatic rings. The summed E-state index contributed by atoms with van der Waals surface area (Å²) < 4.78 is 23.4. The lowest BCUT2D eigenvalue weighted by molar-refractivity contribution is -0.384. The Morgan fingerprint density at radius 3 is 2.57 bits per heavy atom. The summed E-state index contributed by atoms with van der Waals surface area (Å²) in [7, 11) is 1.50. The van der Waals surface area contributed by atoms with E-state index in [1.54, 1.807) is 62.4 Å². The van der Waals surface area contributed by atoms with E-state index in [0.29, 0.717) is 50.3 Å². The molecule has 1 heterocycles. The number of hydrogen-bond acceptors (Lipinski definition) is 10. The molecule has 0 saturated heterocycles. The highest BCUT2D eigenvalue weighted by molar-refractivity contribution is 14.1. The number of benzene rings is 3. The maximum atomic E-state index is 12.8. The number of allylic oxidation sites excluding steroid dienone is 1. The molecule has 0 spiro atoms. The van der Waals surface area contributed by atoms with Gasteiger partial charge in [-0.05, 0) is 84.6 Å². The van der Waals surface area contributed by atoms with Crippen LogP contribution < -0.4 is 30.3 Å². The molecule has 0 aromatic heterocycles. The molecule has 3 aromatic rings. The molecule has 15 heteroatoms. The summed E-state index contributed by atoms with van der Waals surface area (Å²) in [5.74, 6) is 0.139. The van der Waals surface area contributed by atoms with Crippen molar-refractivity contribution in [3.05, 3.63) is 102 Å². The molecule has 13 nitrogen and oxygen atoms in total. The van der Waals surface area contributed by atoms with Crippen LogP contribution >= 0.6 is 34.8 Å². The molecule has 1 atom stereocenters. The van der Waals surface area contributed by atoms with Crippen LogP contribution in [0.3, 0.4) is 0 Å². The number of non-ortho nitro benzene ring substituents is 1. The molecule has 3 N–H and O–H groups in total. The predicted molar refractivity (Wildman–Crippen MR) is 182 cm³/mol. The third kappa shape index (κ3) is 8.69. The van der Waals surface area contributed by atoms with Gasteiger partial charge in [0, 0.05) is 32.5 Å². The van der Waals surface area contributed by atoms with E-state index in [0.717, 1.165) is 3.57 Å². The summed E-state index contributed by atoms with van der Waals surface area (Å²) in [5.41, 5.74) is 5.15. The van der Waals surface area contributed by atoms with Crippen molar-refractivity contribution < 1.29 is 33.5 Å². The van der Waals surface area contributed by atoms with Crippen LogP contribution in [0.1, 0.15) is 36.6 Å². The molecular formula is C31H30IN5O8S. The van der Waals surface area contributed by atoms with Crippen molar-refractivity contribution in [1.29, 1.82) is 0 Å². The number of thiocarbonyl (C=S) groups is 1. The van der Waals surface area contributed by atoms with Crippen molar-refractivity contribution in [3.63, 3.8) is 0 Å². The maximum Gasteiger partial charge on any atom is 0.338 e. The van der Waals surface area contributed by atoms with Gasteiger partial charge in [0.15, 0.2) is 23.2 Å². The summed E-state index contributed by atoms with van der Waals surface area (Å²) in [6, 6.07) is 15.9. The largest absolute Gasteiger partial charge is 0.493 e. The summed E-state index contributed by atoms with van der Waals surface area (Å²) in [4.78, 5) is 36.0. The molecule has 3 aromatic carbocycles. The van der Waals surface area contributed by atoms with Crippen LogP contribution in [0.5, 0.6) is 17.2 Å². The van der Waals surface area contributed by atoms with E-state index in [4.69, 9.17) is 31.2 Å². The highest BCUT2D eigenvalue weighted by Gasteiger charge is 2.32. The van der Waals surface area contributed by atoms with Crippen molar-refractivity contribution in [2.75, 3.05) is 20.3 Å². The van der Waals surface area contributed by atoms with Crippen molar-refractivity contribution in [3.8, 4) is 17.2 Å². The van der Waals surface area contributed by atoms with Crippen LogP contribution in [0.15, 0.2) is 77.0 Å². The summed E-state index contributed by atoms with van der Waals surface area (Å²) in [5, 5.41) is 21.4. The minimum Gasteiger partial charge on any atom is -0.493 e. The van der Waals surface area contributed by atoms with Crippen LogP contribution in [0.4, 0.5) is 5.69 Å². The van der Waals surface area contributed by atoms with Gasteiger partial charge in [0.1, 0.15) is 12.4 Å². The van der Waals surface area contributed by atoms with Gasteiger partial charge in [-0.3, -0.25) is 14.9 Å². The monoisotopic (exact) mass is 759 g/mol. The van der Waals surface area contributed by atoms with Gasteiger partial charge in [-0.1, -0.05) is 18.2 Å². The number of halogens is 1. The summed E-state index contributed by atoms with van der Waals surface area (Å²) in [6.07, 6.45) is 1.42. The topological polar surface area (TPSA) is 163 Å². The molecule has 0 fully saturated rings. The van der Waals surface area contributed by atoms with Gasteiger partial charge in [-0.2, -0.15) is 5.10 Å². The number of hydrogen-bond donors (Lipinski definition) is 3. The van der Waals surface area contributed by atoms with Gasteiger partial charge in [-0.15, -0.1) is 0 Å². The summed E-state index contributed by atoms with van der Waals surface area (Å²) in [6.45, 7) is 3.39. The molecule has 1 amide bonds. The number of hydrazone groups is 1. The lowest BCUT2D eigenvalue weighted by Crippen LogP contribution is -2.45. The first-order chi connectivity index (χ1) is 22.1. The number of para-hydroxylation sites is 1. The zero-order chi connectivity index (χ0) is 33.2. The lowest BCUT2D eigenvalue weighted by atomic mass is 9.95. The van der Waals surface area contributed by atoms with Gasteiger partial charge in [0.2, 0.25) is 0 Å². The quantitative estimate of drug-likeness (QED) is 0.0555. The Kier molecular flexibility index (Phi) is 11.9. The number of nitrogens with zero attached hydrogens (tertiary/aromatic N) is 2. The number of nitrogens with one attached hydrogen (secondary N) is 3. The normalized spacial score (nSPS) is 14.3. The Morgan fingerprint density at radius 1 is 1.13 bits per heavy atom. The number of esters is 1. The molecule has 1 aliphatic heterocycles. The van der Waals surface area contributed by atoms with Crippen LogP contribution in [-0.4, -0.2) is 48.5 Å². The fourth-order valence-electron chi connectivity index (χ4n) is 4.47. The first kappa shape index (κ1) is 34.1. The number of ether oxygens (including phenoxy) is 4. The van der Waals surface area contributed by atoms with Gasteiger partial charge >= 0.3 is 5.97 Å². The number of methoxy groups -OCH3 is 1. The van der Waals surface area contributed by atoms with Gasteiger partial charge < -0.3 is 29.6 Å². The van der Waals surface area contributed by atoms with E-state index in [1.807, 2.05) is 0 Å². The summed E-state index contributed by atoms with van der Waals surface area (Å²) >= 11 is 7.44. The van der Waals surface area contributed by atoms with Crippen LogP contribution in [0.25, 0.3) is 0 Å². The minimum absolute atomic E-state index is 0.0213. The van der Waals surface area contributed by atoms with E-state index in [2.05, 4.69) is 43.8 Å². The molecule has 0 radical (unpaired) electrons. The highest BCUT2D eigenvalue weighted by atomic mass is 127. The Bertz CT molecular complexity index is 1700. The van der Waals surface area contributed by atoms with Crippen LogP contribution in [0.2, 0.25) is 0 Å². The number of amides is 1. The smallest absolute Gasteiger partial charge is 0.338 e. The average molecular weight is 760 g/mol. The van der Waals surface area contributed by atoms with Crippen molar-refractivity contribution >= 4 is 63.7 Å². The lowest BCUT2D eigenvalue weighted by Gasteiger charge is -2.30. The molecule has 0 saturated carbocycles. The molecule has 0 unspecified atom stereocenters. The second kappa shape index (κ2) is 16.0. The third-order valence-corrected chi connectivity index (χ3v) is 7.39. The Balaban J connectivity index is 1.45. The van der Waals surface area contributed by atoms with Crippen molar-refractivity contribution in [2.24, 2.45) is 5.10 Å². The second-order valence-electron chi connectivity index (χ2n) is 9.65. The van der Waals surface area contributed by atoms with E-state index < -0.39 is 22.8 Å². The Morgan fingerprint density at radius 2 is 1.87 bits per heavy atom. The number of carbonyl (C=O) groups excluding carboxylic acids is 2. The number of nitro benzene ring substituents is 1. The van der Waals surface area contributed by atoms with E-state index in [1.165, 1.54) is 25.5 Å². The van der Waals surface area contributed by atoms with E-state index >= 15 is 0 Å². The zero-order valence-electron chi connectivity index (χ0n) is 25.0. The average Bonchev–Trinajstić information content (AvgIpc) is 3.03. The van der Waals surface area contributed by atoms with Crippen LogP contribution in [0, 0.1) is 13.7 Å². The van der Waals surface area contributed by atoms with Crippen LogP contribution in [-0.2, 0) is 20.9 Å². The number of carbonyl (C=O) groups is 2. The minimum atomic E-state index is -0.662. The standard InChI is InChI=1S/C31H30IN5O8S/c1-4-43-30(39)27-18(2)34-31(46)35-28(27)23-7-5-6-8-24(23)44-17-26(38)36-33-15-20-13-21(32)14-25(42-3)29(20)45-16-19-9-11-22(12-10-19)37(40)41/h5-15,28H,4,16-17H2,1-3H3,(H,36,38)(H2,34,35,46)/t28-/m0/s1. The third-order valence-electron chi connectivity index (χ3n) is 6.54. The first-order valence-electron chi connectivity index (χ1n) is 13.8. The van der Waals surface area contributed by atoms with Crippen molar-refractivity contribution in [1.82, 2.24) is 16.1 Å². The van der Waals surface area contributed by atoms with Gasteiger partial charge in [-0.25, -0.2) is 10.2 Å². The molecule has 0 aliphatic carbocycles. The fourth-order valence-corrected chi connectivity index (χ4v) is 5.36. The fraction of sp³-hybridized carbons (Fsp3) is 0.226. The molecule has 240 valence electrons. The Hall–Kier alpha value is -4.77. The molecule has 46 heavy (non-hydrogen) atoms. The highest BCUT2D eigenvalue weighted by Crippen LogP contribution is 2.35. The van der Waals surface area contributed by atoms with E-state index in [9.17, 15) is 19.7 Å². The predicted octanol–water partition coefficient (Wildman–Crippen LogP) is 4.67. The number of rotatable bonds is 13. The zero-order valence-corrected chi connectivity index (χ0v) is 28.0. The first-order valence-corrected chi connectivity index (χ1v) is 15.3. The van der Waals surface area contributed by atoms with E-state index in [-0.39, 0.29) is 25.5 Å². The SMILES string of the molecule is CCOC(=O)C1=C(C)NC(=S)N[C@H]1c1ccccc1OCC(=O)NN=Cc1cc(I)cc(OC)c1OCc1ccc([N+](=O)[O-])cc1. The molecule has 4 rings (SSSR count). The van der Waals surface area contributed by atoms with Crippen molar-refractivity contribution in [2.45, 2.75) is 26.5 Å².